The SMILES string of the molecule is CCCCn1c[n+](CCC(F)(F)C(F)(F)C(F)(F)C(F)(F)F)cn1.O=S(=O)([N-]S(=O)(=O)C(F)(F)F)C(F)(F)F. The summed E-state index contributed by atoms with van der Waals surface area (Å²) >= 11 is 0. The molecule has 8 nitrogen and oxygen atoms in total. The molecule has 0 aromatic carbocycles. The summed E-state index contributed by atoms with van der Waals surface area (Å²) in [4.78, 5) is 0. The van der Waals surface area contributed by atoms with Crippen molar-refractivity contribution >= 4 is 20.0 Å². The van der Waals surface area contributed by atoms with Crippen LogP contribution >= 0.6 is 0 Å². The molecule has 1 aromatic heterocycles. The minimum absolute atomic E-state index is 0.419. The first-order chi connectivity index (χ1) is 17.0. The van der Waals surface area contributed by atoms with Gasteiger partial charge in [-0.15, -0.1) is 4.68 Å². The zero-order valence-corrected chi connectivity index (χ0v) is 20.2. The maximum Gasteiger partial charge on any atom is 0.480 e. The lowest BCUT2D eigenvalue weighted by molar-refractivity contribution is -0.701. The Bertz CT molecular complexity index is 1110. The topological polar surface area (TPSA) is 104 Å². The third-order valence-electron chi connectivity index (χ3n) is 4.05. The fourth-order valence-electron chi connectivity index (χ4n) is 1.96. The molecule has 0 amide bonds. The van der Waals surface area contributed by atoms with Gasteiger partial charge in [0.2, 0.25) is 6.33 Å². The number of aromatic nitrogens is 3. The van der Waals surface area contributed by atoms with Crippen molar-refractivity contribution in [2.24, 2.45) is 0 Å². The molecule has 0 spiro atoms. The van der Waals surface area contributed by atoms with E-state index in [1.165, 1.54) is 11.0 Å². The minimum Gasteiger partial charge on any atom is -0.421 e. The van der Waals surface area contributed by atoms with Gasteiger partial charge in [0, 0.05) is 11.5 Å². The number of halogens is 15. The first-order valence-corrected chi connectivity index (χ1v) is 12.3. The van der Waals surface area contributed by atoms with E-state index in [0.717, 1.165) is 21.4 Å². The molecule has 0 bridgehead atoms. The van der Waals surface area contributed by atoms with Crippen LogP contribution in [0.4, 0.5) is 65.9 Å². The van der Waals surface area contributed by atoms with E-state index in [2.05, 4.69) is 5.10 Å². The summed E-state index contributed by atoms with van der Waals surface area (Å²) in [5.41, 5.74) is -12.4. The highest BCUT2D eigenvalue weighted by Crippen LogP contribution is 2.54. The lowest BCUT2D eigenvalue weighted by Crippen LogP contribution is -2.61. The molecular formula is C14H15F15N4O4S2. The van der Waals surface area contributed by atoms with Gasteiger partial charge in [-0.25, -0.2) is 21.4 Å². The third kappa shape index (κ3) is 8.97. The third-order valence-corrected chi connectivity index (χ3v) is 6.79. The Kier molecular flexibility index (Phi) is 11.2. The van der Waals surface area contributed by atoms with Crippen molar-refractivity contribution in [3.8, 4) is 0 Å². The summed E-state index contributed by atoms with van der Waals surface area (Å²) in [5.74, 6) is -19.0. The Balaban J connectivity index is 0.000000830. The van der Waals surface area contributed by atoms with E-state index in [0.29, 0.717) is 13.0 Å². The van der Waals surface area contributed by atoms with Crippen LogP contribution < -0.4 is 4.57 Å². The van der Waals surface area contributed by atoms with Crippen LogP contribution in [0.25, 0.3) is 4.13 Å². The first-order valence-electron chi connectivity index (χ1n) is 9.45. The van der Waals surface area contributed by atoms with E-state index in [9.17, 15) is 82.7 Å². The van der Waals surface area contributed by atoms with Gasteiger partial charge in [0.05, 0.1) is 6.54 Å². The lowest BCUT2D eigenvalue weighted by Gasteiger charge is -2.33. The standard InChI is InChI=1S/C12H15F9N3.C2F6NO4S2/c1-2-3-5-24-8-23(7-22-24)6-4-9(13,14)10(15,16)11(17,18)12(19,20)21;3-1(4,5)14(10,11)9-15(12,13)2(6,7)8/h7-8H,2-6H2,1H3;/q+1;-1. The van der Waals surface area contributed by atoms with Crippen LogP contribution in [-0.2, 0) is 33.1 Å². The van der Waals surface area contributed by atoms with E-state index >= 15 is 0 Å². The predicted molar refractivity (Wildman–Crippen MR) is 96.2 cm³/mol. The molecule has 1 aromatic rings. The van der Waals surface area contributed by atoms with Gasteiger partial charge >= 0.3 is 35.0 Å². The summed E-state index contributed by atoms with van der Waals surface area (Å²) in [7, 11) is -13.4. The number of hydrogen-bond donors (Lipinski definition) is 0. The lowest BCUT2D eigenvalue weighted by atomic mass is 10.0. The Morgan fingerprint density at radius 1 is 0.769 bits per heavy atom. The van der Waals surface area contributed by atoms with Gasteiger partial charge in [0.1, 0.15) is 6.54 Å². The number of nitrogens with zero attached hydrogens (tertiary/aromatic N) is 4. The van der Waals surface area contributed by atoms with Crippen molar-refractivity contribution in [3.63, 3.8) is 0 Å². The molecule has 0 N–H and O–H groups in total. The maximum absolute atomic E-state index is 13.4. The molecule has 1 heterocycles. The van der Waals surface area contributed by atoms with E-state index in [-0.39, 0.29) is 0 Å². The zero-order valence-electron chi connectivity index (χ0n) is 18.6. The quantitative estimate of drug-likeness (QED) is 0.265. The Morgan fingerprint density at radius 2 is 1.21 bits per heavy atom. The van der Waals surface area contributed by atoms with Crippen molar-refractivity contribution in [2.45, 2.75) is 74.2 Å². The van der Waals surface area contributed by atoms with Crippen molar-refractivity contribution < 1.29 is 87.3 Å². The molecule has 0 unspecified atom stereocenters. The molecule has 1 rings (SSSR count). The number of unbranched alkanes of at least 4 members (excludes halogenated alkanes) is 1. The summed E-state index contributed by atoms with van der Waals surface area (Å²) in [5, 5.41) is 3.72. The van der Waals surface area contributed by atoms with E-state index < -0.39 is 68.0 Å². The average Bonchev–Trinajstić information content (AvgIpc) is 3.15. The predicted octanol–water partition coefficient (Wildman–Crippen LogP) is 4.89. The minimum atomic E-state index is -6.85. The van der Waals surface area contributed by atoms with Crippen LogP contribution in [0.3, 0.4) is 0 Å². The molecule has 0 saturated carbocycles. The number of rotatable bonds is 10. The normalized spacial score (nSPS) is 14.7. The second kappa shape index (κ2) is 11.8. The molecular weight excluding hydrogens is 637 g/mol. The Labute approximate surface area is 208 Å². The fraction of sp³-hybridized carbons (Fsp3) is 0.857. The molecule has 0 atom stereocenters. The van der Waals surface area contributed by atoms with Crippen molar-refractivity contribution in [1.82, 2.24) is 9.78 Å². The number of hydrogen-bond acceptors (Lipinski definition) is 5. The van der Waals surface area contributed by atoms with Crippen LogP contribution in [0, 0.1) is 0 Å². The molecule has 0 aliphatic rings. The molecule has 25 heteroatoms. The maximum atomic E-state index is 13.4. The summed E-state index contributed by atoms with van der Waals surface area (Å²) in [6.07, 6.45) is -5.03. The van der Waals surface area contributed by atoms with E-state index in [1.54, 1.807) is 0 Å². The molecule has 39 heavy (non-hydrogen) atoms. The summed E-state index contributed by atoms with van der Waals surface area (Å²) < 4.78 is 226. The molecule has 0 aliphatic heterocycles. The summed E-state index contributed by atoms with van der Waals surface area (Å²) in [6.45, 7) is 1.39. The van der Waals surface area contributed by atoms with Crippen molar-refractivity contribution in [1.29, 1.82) is 0 Å². The monoisotopic (exact) mass is 652 g/mol. The van der Waals surface area contributed by atoms with Gasteiger partial charge in [0.15, 0.2) is 20.0 Å². The molecule has 232 valence electrons. The molecule has 0 fully saturated rings. The second-order valence-electron chi connectivity index (χ2n) is 7.12. The number of sulfonamides is 2. The van der Waals surface area contributed by atoms with Gasteiger partial charge < -0.3 is 4.13 Å². The Hall–Kier alpha value is -2.05. The average molecular weight is 652 g/mol. The number of alkyl halides is 15. The smallest absolute Gasteiger partial charge is 0.421 e. The molecule has 0 radical (unpaired) electrons. The van der Waals surface area contributed by atoms with E-state index in [4.69, 9.17) is 0 Å². The highest BCUT2D eigenvalue weighted by molar-refractivity contribution is 8.13. The van der Waals surface area contributed by atoms with E-state index in [1.807, 2.05) is 6.92 Å². The zero-order chi connectivity index (χ0) is 31.5. The summed E-state index contributed by atoms with van der Waals surface area (Å²) in [6, 6.07) is 0. The number of aryl methyl sites for hydroxylation is 2. The van der Waals surface area contributed by atoms with Gasteiger partial charge in [-0.1, -0.05) is 13.3 Å². The second-order valence-corrected chi connectivity index (χ2v) is 10.5. The van der Waals surface area contributed by atoms with Crippen molar-refractivity contribution in [2.75, 3.05) is 0 Å². The Morgan fingerprint density at radius 3 is 1.56 bits per heavy atom. The van der Waals surface area contributed by atoms with Gasteiger partial charge in [-0.05, 0) is 6.42 Å². The highest BCUT2D eigenvalue weighted by atomic mass is 32.3. The van der Waals surface area contributed by atoms with Crippen LogP contribution in [0.2, 0.25) is 0 Å². The highest BCUT2D eigenvalue weighted by Gasteiger charge is 2.81. The first kappa shape index (κ1) is 37.0. The van der Waals surface area contributed by atoms with Crippen LogP contribution in [0.1, 0.15) is 26.2 Å². The largest absolute Gasteiger partial charge is 0.480 e. The van der Waals surface area contributed by atoms with Gasteiger partial charge in [-0.2, -0.15) is 65.9 Å². The van der Waals surface area contributed by atoms with Crippen LogP contribution in [-0.4, -0.2) is 61.6 Å². The molecule has 0 saturated heterocycles. The van der Waals surface area contributed by atoms with Crippen LogP contribution in [0.5, 0.6) is 0 Å². The fourth-order valence-corrected chi connectivity index (χ4v) is 3.67. The van der Waals surface area contributed by atoms with Gasteiger partial charge in [0.25, 0.3) is 6.33 Å². The molecule has 0 aliphatic carbocycles. The van der Waals surface area contributed by atoms with Crippen LogP contribution in [0.15, 0.2) is 12.7 Å². The van der Waals surface area contributed by atoms with Crippen molar-refractivity contribution in [3.05, 3.63) is 16.8 Å². The van der Waals surface area contributed by atoms with Gasteiger partial charge in [-0.3, -0.25) is 0 Å².